The van der Waals surface area contributed by atoms with Crippen LogP contribution in [-0.4, -0.2) is 25.8 Å². The highest BCUT2D eigenvalue weighted by Gasteiger charge is 1.93. The first-order valence-electron chi connectivity index (χ1n) is 6.88. The van der Waals surface area contributed by atoms with E-state index < -0.39 is 6.03 Å². The number of unbranched alkanes of at least 4 members (excludes halogenated alkanes) is 7. The lowest BCUT2D eigenvalue weighted by Crippen LogP contribution is -2.32. The van der Waals surface area contributed by atoms with Crippen molar-refractivity contribution in [3.05, 3.63) is 0 Å². The normalized spacial score (nSPS) is 9.83. The number of primary amides is 1. The van der Waals surface area contributed by atoms with Gasteiger partial charge in [0.15, 0.2) is 0 Å². The number of ether oxygens (including phenoxy) is 1. The van der Waals surface area contributed by atoms with Gasteiger partial charge in [0.1, 0.15) is 0 Å². The Morgan fingerprint density at radius 2 is 1.56 bits per heavy atom. The van der Waals surface area contributed by atoms with Gasteiger partial charge in [0.2, 0.25) is 0 Å². The van der Waals surface area contributed by atoms with Crippen molar-refractivity contribution in [3.63, 3.8) is 0 Å². The maximum absolute atomic E-state index is 10.3. The molecular weight excluding hydrogens is 252 g/mol. The van der Waals surface area contributed by atoms with Gasteiger partial charge >= 0.3 is 6.03 Å². The molecule has 0 aliphatic rings. The van der Waals surface area contributed by atoms with Crippen LogP contribution in [0.5, 0.6) is 0 Å². The maximum Gasteiger partial charge on any atom is 0.312 e. The Hall–Kier alpha value is -0.480. The van der Waals surface area contributed by atoms with Gasteiger partial charge in [0, 0.05) is 13.2 Å². The van der Waals surface area contributed by atoms with Gasteiger partial charge in [-0.25, -0.2) is 4.79 Å². The molecule has 0 aromatic carbocycles. The van der Waals surface area contributed by atoms with Gasteiger partial charge in [-0.1, -0.05) is 51.9 Å². The molecule has 0 spiro atoms. The first-order valence-corrected chi connectivity index (χ1v) is 6.88. The SMILES string of the molecule is CCCCCCCCCCOCCNC(N)=O.Cl. The molecule has 0 atom stereocenters. The first kappa shape index (κ1) is 19.9. The zero-order valence-electron chi connectivity index (χ0n) is 11.6. The summed E-state index contributed by atoms with van der Waals surface area (Å²) >= 11 is 0. The second kappa shape index (κ2) is 16.5. The predicted octanol–water partition coefficient (Wildman–Crippen LogP) is 3.23. The van der Waals surface area contributed by atoms with E-state index in [1.807, 2.05) is 0 Å². The molecule has 0 aromatic heterocycles. The third-order valence-electron chi connectivity index (χ3n) is 2.69. The molecule has 0 radical (unpaired) electrons. The number of amides is 2. The highest BCUT2D eigenvalue weighted by atomic mass is 35.5. The maximum atomic E-state index is 10.3. The molecule has 2 amide bonds. The molecule has 0 bridgehead atoms. The quantitative estimate of drug-likeness (QED) is 0.539. The van der Waals surface area contributed by atoms with Gasteiger partial charge < -0.3 is 15.8 Å². The van der Waals surface area contributed by atoms with Crippen LogP contribution >= 0.6 is 12.4 Å². The van der Waals surface area contributed by atoms with Crippen LogP contribution in [0, 0.1) is 0 Å². The molecule has 18 heavy (non-hydrogen) atoms. The third-order valence-corrected chi connectivity index (χ3v) is 2.69. The van der Waals surface area contributed by atoms with Crippen LogP contribution in [0.2, 0.25) is 0 Å². The smallest absolute Gasteiger partial charge is 0.312 e. The Kier molecular flexibility index (Phi) is 18.2. The van der Waals surface area contributed by atoms with Gasteiger partial charge in [-0.3, -0.25) is 0 Å². The van der Waals surface area contributed by atoms with Gasteiger partial charge in [0.25, 0.3) is 0 Å². The van der Waals surface area contributed by atoms with Crippen LogP contribution in [0.15, 0.2) is 0 Å². The summed E-state index contributed by atoms with van der Waals surface area (Å²) in [5.74, 6) is 0. The minimum atomic E-state index is -0.485. The lowest BCUT2D eigenvalue weighted by molar-refractivity contribution is 0.132. The van der Waals surface area contributed by atoms with E-state index in [1.54, 1.807) is 0 Å². The number of hydrogen-bond donors (Lipinski definition) is 2. The van der Waals surface area contributed by atoms with Crippen LogP contribution in [-0.2, 0) is 4.74 Å². The van der Waals surface area contributed by atoms with Gasteiger partial charge in [0.05, 0.1) is 6.61 Å². The molecule has 5 heteroatoms. The zero-order chi connectivity index (χ0) is 12.8. The second-order valence-electron chi connectivity index (χ2n) is 4.38. The molecule has 0 aliphatic carbocycles. The molecule has 0 heterocycles. The summed E-state index contributed by atoms with van der Waals surface area (Å²) in [6, 6.07) is -0.485. The van der Waals surface area contributed by atoms with Crippen LogP contribution < -0.4 is 11.1 Å². The Labute approximate surface area is 117 Å². The highest BCUT2D eigenvalue weighted by Crippen LogP contribution is 2.08. The molecular formula is C13H29ClN2O2. The zero-order valence-corrected chi connectivity index (χ0v) is 12.4. The van der Waals surface area contributed by atoms with E-state index in [0.717, 1.165) is 13.0 Å². The summed E-state index contributed by atoms with van der Waals surface area (Å²) < 4.78 is 5.36. The van der Waals surface area contributed by atoms with Gasteiger partial charge in [-0.05, 0) is 6.42 Å². The molecule has 0 aliphatic heterocycles. The van der Waals surface area contributed by atoms with Crippen LogP contribution in [0.1, 0.15) is 58.3 Å². The number of rotatable bonds is 12. The van der Waals surface area contributed by atoms with Crippen molar-refractivity contribution in [2.24, 2.45) is 5.73 Å². The summed E-state index contributed by atoms with van der Waals surface area (Å²) in [4.78, 5) is 10.3. The summed E-state index contributed by atoms with van der Waals surface area (Å²) in [5, 5.41) is 2.49. The molecule has 0 rings (SSSR count). The van der Waals surface area contributed by atoms with Crippen molar-refractivity contribution in [2.45, 2.75) is 58.3 Å². The Balaban J connectivity index is 0. The first-order chi connectivity index (χ1) is 8.27. The molecule has 4 nitrogen and oxygen atoms in total. The summed E-state index contributed by atoms with van der Waals surface area (Å²) in [6.07, 6.45) is 10.5. The Morgan fingerprint density at radius 1 is 1.00 bits per heavy atom. The van der Waals surface area contributed by atoms with E-state index in [1.165, 1.54) is 44.9 Å². The van der Waals surface area contributed by atoms with E-state index in [2.05, 4.69) is 12.2 Å². The topological polar surface area (TPSA) is 64.3 Å². The van der Waals surface area contributed by atoms with Crippen LogP contribution in [0.25, 0.3) is 0 Å². The number of urea groups is 1. The van der Waals surface area contributed by atoms with Crippen LogP contribution in [0.3, 0.4) is 0 Å². The van der Waals surface area contributed by atoms with Crippen molar-refractivity contribution in [1.82, 2.24) is 5.32 Å². The fraction of sp³-hybridized carbons (Fsp3) is 0.923. The van der Waals surface area contributed by atoms with E-state index in [9.17, 15) is 4.79 Å². The lowest BCUT2D eigenvalue weighted by atomic mass is 10.1. The van der Waals surface area contributed by atoms with Crippen molar-refractivity contribution in [2.75, 3.05) is 19.8 Å². The highest BCUT2D eigenvalue weighted by molar-refractivity contribution is 5.85. The number of carbonyl (C=O) groups is 1. The fourth-order valence-corrected chi connectivity index (χ4v) is 1.69. The molecule has 0 unspecified atom stereocenters. The predicted molar refractivity (Wildman–Crippen MR) is 78.3 cm³/mol. The Bertz CT molecular complexity index is 180. The lowest BCUT2D eigenvalue weighted by Gasteiger charge is -2.04. The Morgan fingerprint density at radius 3 is 2.11 bits per heavy atom. The number of hydrogen-bond acceptors (Lipinski definition) is 2. The average Bonchev–Trinajstić information content (AvgIpc) is 2.30. The van der Waals surface area contributed by atoms with E-state index in [4.69, 9.17) is 10.5 Å². The molecule has 3 N–H and O–H groups in total. The second-order valence-corrected chi connectivity index (χ2v) is 4.38. The standard InChI is InChI=1S/C13H28N2O2.ClH/c1-2-3-4-5-6-7-8-9-11-17-12-10-15-13(14)16;/h2-12H2,1H3,(H3,14,15,16);1H. The largest absolute Gasteiger partial charge is 0.380 e. The average molecular weight is 281 g/mol. The molecule has 0 saturated heterocycles. The number of carbonyl (C=O) groups excluding carboxylic acids is 1. The van der Waals surface area contributed by atoms with Crippen molar-refractivity contribution >= 4 is 18.4 Å². The van der Waals surface area contributed by atoms with Gasteiger partial charge in [-0.2, -0.15) is 0 Å². The van der Waals surface area contributed by atoms with Crippen molar-refractivity contribution in [1.29, 1.82) is 0 Å². The van der Waals surface area contributed by atoms with Crippen molar-refractivity contribution in [3.8, 4) is 0 Å². The van der Waals surface area contributed by atoms with E-state index in [-0.39, 0.29) is 12.4 Å². The summed E-state index contributed by atoms with van der Waals surface area (Å²) in [7, 11) is 0. The van der Waals surface area contributed by atoms with E-state index >= 15 is 0 Å². The molecule has 0 aromatic rings. The number of halogens is 1. The molecule has 110 valence electrons. The third kappa shape index (κ3) is 17.9. The van der Waals surface area contributed by atoms with Crippen molar-refractivity contribution < 1.29 is 9.53 Å². The summed E-state index contributed by atoms with van der Waals surface area (Å²) in [6.45, 7) is 4.09. The molecule has 0 saturated carbocycles. The van der Waals surface area contributed by atoms with Crippen LogP contribution in [0.4, 0.5) is 4.79 Å². The monoisotopic (exact) mass is 280 g/mol. The fourth-order valence-electron chi connectivity index (χ4n) is 1.69. The summed E-state index contributed by atoms with van der Waals surface area (Å²) in [5.41, 5.74) is 4.92. The van der Waals surface area contributed by atoms with Gasteiger partial charge in [-0.15, -0.1) is 12.4 Å². The minimum absolute atomic E-state index is 0. The van der Waals surface area contributed by atoms with E-state index in [0.29, 0.717) is 13.2 Å². The minimum Gasteiger partial charge on any atom is -0.380 e. The number of nitrogens with one attached hydrogen (secondary N) is 1. The molecule has 0 fully saturated rings. The number of nitrogens with two attached hydrogens (primary N) is 1.